The van der Waals surface area contributed by atoms with Crippen LogP contribution >= 0.6 is 23.2 Å². The van der Waals surface area contributed by atoms with E-state index in [1.807, 2.05) is 38.4 Å². The summed E-state index contributed by atoms with van der Waals surface area (Å²) < 4.78 is 2.20. The van der Waals surface area contributed by atoms with E-state index in [4.69, 9.17) is 33.2 Å². The Morgan fingerprint density at radius 2 is 1.83 bits per heavy atom. The molecule has 2 aliphatic rings. The Bertz CT molecular complexity index is 1040. The lowest BCUT2D eigenvalue weighted by Gasteiger charge is -2.26. The first-order chi connectivity index (χ1) is 11.5. The van der Waals surface area contributed by atoms with Gasteiger partial charge in [-0.05, 0) is 45.3 Å². The number of rotatable bonds is 2. The van der Waals surface area contributed by atoms with E-state index in [1.54, 1.807) is 6.07 Å². The molecule has 0 bridgehead atoms. The maximum atomic E-state index is 6.37. The van der Waals surface area contributed by atoms with E-state index in [2.05, 4.69) is 22.5 Å². The molecule has 122 valence electrons. The summed E-state index contributed by atoms with van der Waals surface area (Å²) in [5.74, 6) is 0.814. The summed E-state index contributed by atoms with van der Waals surface area (Å²) in [7, 11) is 4.09. The van der Waals surface area contributed by atoms with E-state index in [1.165, 1.54) is 0 Å². The van der Waals surface area contributed by atoms with Crippen LogP contribution in [-0.2, 0) is 0 Å². The van der Waals surface area contributed by atoms with Gasteiger partial charge in [0.1, 0.15) is 5.69 Å². The fourth-order valence-corrected chi connectivity index (χ4v) is 3.56. The van der Waals surface area contributed by atoms with Gasteiger partial charge in [-0.2, -0.15) is 0 Å². The summed E-state index contributed by atoms with van der Waals surface area (Å²) in [6.07, 6.45) is 0.110. The Hall–Kier alpha value is -1.88. The molecule has 0 saturated carbocycles. The Morgan fingerprint density at radius 1 is 1.08 bits per heavy atom. The zero-order valence-corrected chi connectivity index (χ0v) is 15.1. The molecular formula is C18H16Cl2N4. The van der Waals surface area contributed by atoms with Crippen LogP contribution < -0.4 is 0 Å². The van der Waals surface area contributed by atoms with Gasteiger partial charge >= 0.3 is 0 Å². The lowest BCUT2D eigenvalue weighted by molar-refractivity contribution is 0.244. The smallest absolute Gasteiger partial charge is 0.161 e. The highest BCUT2D eigenvalue weighted by atomic mass is 35.5. The Balaban J connectivity index is 2.21. The van der Waals surface area contributed by atoms with Crippen molar-refractivity contribution >= 4 is 45.1 Å². The van der Waals surface area contributed by atoms with Crippen molar-refractivity contribution in [1.82, 2.24) is 19.4 Å². The second kappa shape index (κ2) is 5.59. The van der Waals surface area contributed by atoms with Crippen LogP contribution in [0, 0.1) is 0 Å². The van der Waals surface area contributed by atoms with Crippen LogP contribution in [0.3, 0.4) is 0 Å². The maximum Gasteiger partial charge on any atom is 0.161 e. The van der Waals surface area contributed by atoms with Gasteiger partial charge in [0, 0.05) is 10.4 Å². The number of nitrogens with zero attached hydrogens (tertiary/aromatic N) is 4. The maximum absolute atomic E-state index is 6.37. The van der Waals surface area contributed by atoms with Crippen LogP contribution in [0.5, 0.6) is 0 Å². The number of hydrogen-bond acceptors (Lipinski definition) is 3. The standard InChI is InChI=1S/C18H16Cl2N4/c1-10(23(2)3)24-15-7-5-4-6-14(15)21-17-12-8-11(19)9-13(20)16(12)22-18(17)24/h4-10H,1-3H3. The Morgan fingerprint density at radius 3 is 2.58 bits per heavy atom. The molecule has 0 spiro atoms. The number of para-hydroxylation sites is 2. The van der Waals surface area contributed by atoms with E-state index in [-0.39, 0.29) is 6.17 Å². The topological polar surface area (TPSA) is 34.0 Å². The first-order valence-corrected chi connectivity index (χ1v) is 8.45. The molecule has 1 atom stereocenters. The second-order valence-corrected chi connectivity index (χ2v) is 6.98. The minimum atomic E-state index is 0.110. The molecule has 2 aromatic carbocycles. The molecule has 1 unspecified atom stereocenters. The van der Waals surface area contributed by atoms with Crippen molar-refractivity contribution < 1.29 is 0 Å². The predicted octanol–water partition coefficient (Wildman–Crippen LogP) is 5.08. The highest BCUT2D eigenvalue weighted by molar-refractivity contribution is 6.38. The van der Waals surface area contributed by atoms with Crippen molar-refractivity contribution in [3.05, 3.63) is 46.4 Å². The fourth-order valence-electron chi connectivity index (χ4n) is 3.02. The molecule has 0 amide bonds. The van der Waals surface area contributed by atoms with Gasteiger partial charge in [0.2, 0.25) is 0 Å². The molecule has 2 aromatic rings. The van der Waals surface area contributed by atoms with Gasteiger partial charge in [-0.15, -0.1) is 0 Å². The average molecular weight is 359 g/mol. The van der Waals surface area contributed by atoms with Crippen LogP contribution in [-0.4, -0.2) is 33.5 Å². The monoisotopic (exact) mass is 358 g/mol. The third kappa shape index (κ3) is 2.25. The third-order valence-electron chi connectivity index (χ3n) is 4.44. The molecule has 2 aliphatic heterocycles. The third-order valence-corrected chi connectivity index (χ3v) is 4.94. The van der Waals surface area contributed by atoms with Crippen LogP contribution in [0.1, 0.15) is 13.1 Å². The quantitative estimate of drug-likeness (QED) is 0.501. The number of hydrogen-bond donors (Lipinski definition) is 0. The van der Waals surface area contributed by atoms with E-state index in [0.29, 0.717) is 10.0 Å². The van der Waals surface area contributed by atoms with Gasteiger partial charge in [0.15, 0.2) is 5.82 Å². The molecule has 4 rings (SSSR count). The molecule has 0 fully saturated rings. The summed E-state index contributed by atoms with van der Waals surface area (Å²) >= 11 is 12.6. The summed E-state index contributed by atoms with van der Waals surface area (Å²) in [6, 6.07) is 11.7. The van der Waals surface area contributed by atoms with Crippen molar-refractivity contribution in [2.75, 3.05) is 14.1 Å². The van der Waals surface area contributed by atoms with Crippen molar-refractivity contribution in [1.29, 1.82) is 0 Å². The van der Waals surface area contributed by atoms with Gasteiger partial charge in [0.05, 0.1) is 27.7 Å². The molecule has 2 heterocycles. The summed E-state index contributed by atoms with van der Waals surface area (Å²) in [5.41, 5.74) is 3.51. The molecule has 0 radical (unpaired) electrons. The molecular weight excluding hydrogens is 343 g/mol. The minimum absolute atomic E-state index is 0.110. The van der Waals surface area contributed by atoms with Crippen LogP contribution in [0.2, 0.25) is 10.0 Å². The molecule has 4 nitrogen and oxygen atoms in total. The first kappa shape index (κ1) is 15.6. The molecule has 0 saturated heterocycles. The number of halogens is 2. The predicted molar refractivity (Wildman–Crippen MR) is 100 cm³/mol. The van der Waals surface area contributed by atoms with Crippen molar-refractivity contribution in [2.45, 2.75) is 13.1 Å². The fraction of sp³-hybridized carbons (Fsp3) is 0.222. The van der Waals surface area contributed by atoms with Gasteiger partial charge in [-0.1, -0.05) is 35.3 Å². The molecule has 24 heavy (non-hydrogen) atoms. The van der Waals surface area contributed by atoms with Crippen LogP contribution in [0.15, 0.2) is 36.4 Å². The van der Waals surface area contributed by atoms with Gasteiger partial charge in [-0.3, -0.25) is 4.90 Å². The van der Waals surface area contributed by atoms with E-state index in [0.717, 1.165) is 33.5 Å². The lowest BCUT2D eigenvalue weighted by atomic mass is 10.2. The van der Waals surface area contributed by atoms with E-state index < -0.39 is 0 Å². The highest BCUT2D eigenvalue weighted by Gasteiger charge is 2.24. The molecule has 6 heteroatoms. The average Bonchev–Trinajstić information content (AvgIpc) is 2.90. The van der Waals surface area contributed by atoms with Crippen molar-refractivity contribution in [3.63, 3.8) is 0 Å². The van der Waals surface area contributed by atoms with E-state index in [9.17, 15) is 0 Å². The molecule has 0 aromatic heterocycles. The largest absolute Gasteiger partial charge is 0.306 e. The molecule has 0 N–H and O–H groups in total. The Kier molecular flexibility index (Phi) is 3.64. The normalized spacial score (nSPS) is 13.4. The highest BCUT2D eigenvalue weighted by Crippen LogP contribution is 2.38. The molecule has 0 aliphatic carbocycles. The zero-order chi connectivity index (χ0) is 17.0. The summed E-state index contributed by atoms with van der Waals surface area (Å²) in [5, 5.41) is 2.01. The second-order valence-electron chi connectivity index (χ2n) is 6.13. The number of aromatic nitrogens is 3. The van der Waals surface area contributed by atoms with Gasteiger partial charge < -0.3 is 4.57 Å². The number of benzene rings is 2. The summed E-state index contributed by atoms with van der Waals surface area (Å²) in [4.78, 5) is 11.8. The van der Waals surface area contributed by atoms with Crippen LogP contribution in [0.25, 0.3) is 33.5 Å². The Labute approximate surface area is 150 Å². The van der Waals surface area contributed by atoms with E-state index >= 15 is 0 Å². The lowest BCUT2D eigenvalue weighted by Crippen LogP contribution is -2.25. The van der Waals surface area contributed by atoms with Gasteiger partial charge in [-0.25, -0.2) is 9.97 Å². The van der Waals surface area contributed by atoms with Gasteiger partial charge in [0.25, 0.3) is 0 Å². The van der Waals surface area contributed by atoms with Crippen molar-refractivity contribution in [2.24, 2.45) is 0 Å². The van der Waals surface area contributed by atoms with Crippen LogP contribution in [0.4, 0.5) is 0 Å². The summed E-state index contributed by atoms with van der Waals surface area (Å²) in [6.45, 7) is 2.14. The SMILES string of the molecule is CC(N(C)C)n1c2nc3c(Cl)cc(Cl)cc3c-2nc2ccccc21. The zero-order valence-electron chi connectivity index (χ0n) is 13.6. The number of fused-ring (bicyclic) bond motifs is 4. The van der Waals surface area contributed by atoms with Crippen molar-refractivity contribution in [3.8, 4) is 11.5 Å². The minimum Gasteiger partial charge on any atom is -0.306 e. The first-order valence-electron chi connectivity index (χ1n) is 7.69.